The monoisotopic (exact) mass is 239 g/mol. The van der Waals surface area contributed by atoms with Crippen molar-refractivity contribution >= 4 is 5.91 Å². The number of nitrogens with two attached hydrogens (primary N) is 1. The number of hydrogen-bond acceptors (Lipinski definition) is 5. The zero-order chi connectivity index (χ0) is 13.1. The van der Waals surface area contributed by atoms with E-state index in [-0.39, 0.29) is 0 Å². The Bertz CT molecular complexity index is 396. The summed E-state index contributed by atoms with van der Waals surface area (Å²) in [7, 11) is 3.01. The van der Waals surface area contributed by atoms with Gasteiger partial charge in [-0.25, -0.2) is 0 Å². The van der Waals surface area contributed by atoms with Crippen LogP contribution in [0.2, 0.25) is 0 Å². The minimum Gasteiger partial charge on any atom is -0.481 e. The van der Waals surface area contributed by atoms with Gasteiger partial charge in [-0.3, -0.25) is 4.79 Å². The first-order chi connectivity index (χ1) is 7.89. The van der Waals surface area contributed by atoms with Crippen LogP contribution in [0.5, 0.6) is 11.8 Å². The highest BCUT2D eigenvalue weighted by Crippen LogP contribution is 2.22. The van der Waals surface area contributed by atoms with E-state index in [0.29, 0.717) is 24.0 Å². The number of hydrogen-bond donors (Lipinski definition) is 1. The second-order valence-electron chi connectivity index (χ2n) is 4.29. The van der Waals surface area contributed by atoms with Crippen molar-refractivity contribution in [3.05, 3.63) is 11.9 Å². The van der Waals surface area contributed by atoms with Gasteiger partial charge in [0.15, 0.2) is 0 Å². The summed E-state index contributed by atoms with van der Waals surface area (Å²) in [5.74, 6) is 0.854. The van der Waals surface area contributed by atoms with Crippen molar-refractivity contribution < 1.29 is 14.3 Å². The van der Waals surface area contributed by atoms with Gasteiger partial charge in [0.25, 0.3) is 0 Å². The lowest BCUT2D eigenvalue weighted by molar-refractivity contribution is -0.126. The Kier molecular flexibility index (Phi) is 3.88. The summed E-state index contributed by atoms with van der Waals surface area (Å²) in [6, 6.07) is 1.57. The van der Waals surface area contributed by atoms with Gasteiger partial charge in [-0.05, 0) is 0 Å². The van der Waals surface area contributed by atoms with E-state index in [4.69, 9.17) is 15.2 Å². The predicted octanol–water partition coefficient (Wildman–Crippen LogP) is 0.548. The van der Waals surface area contributed by atoms with Crippen LogP contribution in [-0.2, 0) is 11.2 Å². The summed E-state index contributed by atoms with van der Waals surface area (Å²) in [4.78, 5) is 19.5. The van der Waals surface area contributed by atoms with Gasteiger partial charge in [-0.1, -0.05) is 13.8 Å². The summed E-state index contributed by atoms with van der Waals surface area (Å²) < 4.78 is 10.1. The highest BCUT2D eigenvalue weighted by Gasteiger charge is 2.27. The SMILES string of the molecule is COc1cc(OC)nc(CC(C)(C)C(N)=O)n1. The number of carbonyl (C=O) groups is 1. The number of nitrogens with zero attached hydrogens (tertiary/aromatic N) is 2. The lowest BCUT2D eigenvalue weighted by Gasteiger charge is -2.19. The molecule has 6 nitrogen and oxygen atoms in total. The van der Waals surface area contributed by atoms with Crippen molar-refractivity contribution in [1.29, 1.82) is 0 Å². The third-order valence-electron chi connectivity index (χ3n) is 2.41. The van der Waals surface area contributed by atoms with Gasteiger partial charge >= 0.3 is 0 Å². The molecule has 0 saturated carbocycles. The summed E-state index contributed by atoms with van der Waals surface area (Å²) in [6.45, 7) is 3.48. The maximum Gasteiger partial charge on any atom is 0.223 e. The first-order valence-corrected chi connectivity index (χ1v) is 5.15. The molecule has 0 saturated heterocycles. The van der Waals surface area contributed by atoms with Gasteiger partial charge < -0.3 is 15.2 Å². The summed E-state index contributed by atoms with van der Waals surface area (Å²) in [5, 5.41) is 0. The molecule has 1 heterocycles. The van der Waals surface area contributed by atoms with Gasteiger partial charge in [0.1, 0.15) is 5.82 Å². The number of aromatic nitrogens is 2. The van der Waals surface area contributed by atoms with Crippen molar-refractivity contribution in [1.82, 2.24) is 9.97 Å². The topological polar surface area (TPSA) is 87.3 Å². The highest BCUT2D eigenvalue weighted by atomic mass is 16.5. The molecule has 1 rings (SSSR count). The maximum atomic E-state index is 11.2. The minimum absolute atomic E-state index is 0.329. The Morgan fingerprint density at radius 3 is 2.12 bits per heavy atom. The van der Waals surface area contributed by atoms with Crippen LogP contribution >= 0.6 is 0 Å². The number of rotatable bonds is 5. The van der Waals surface area contributed by atoms with Gasteiger partial charge in [-0.15, -0.1) is 0 Å². The summed E-state index contributed by atoms with van der Waals surface area (Å²) >= 11 is 0. The smallest absolute Gasteiger partial charge is 0.223 e. The zero-order valence-corrected chi connectivity index (χ0v) is 10.5. The van der Waals surface area contributed by atoms with Crippen molar-refractivity contribution in [2.24, 2.45) is 11.1 Å². The van der Waals surface area contributed by atoms with Gasteiger partial charge in [0.05, 0.1) is 25.7 Å². The van der Waals surface area contributed by atoms with E-state index in [1.54, 1.807) is 19.9 Å². The second-order valence-corrected chi connectivity index (χ2v) is 4.29. The van der Waals surface area contributed by atoms with E-state index < -0.39 is 11.3 Å². The van der Waals surface area contributed by atoms with Crippen LogP contribution < -0.4 is 15.2 Å². The van der Waals surface area contributed by atoms with Crippen LogP contribution in [0.1, 0.15) is 19.7 Å². The number of amides is 1. The van der Waals surface area contributed by atoms with E-state index in [9.17, 15) is 4.79 Å². The Morgan fingerprint density at radius 1 is 1.29 bits per heavy atom. The Balaban J connectivity index is 3.02. The van der Waals surface area contributed by atoms with Crippen molar-refractivity contribution in [3.8, 4) is 11.8 Å². The fourth-order valence-electron chi connectivity index (χ4n) is 1.22. The quantitative estimate of drug-likeness (QED) is 0.810. The highest BCUT2D eigenvalue weighted by molar-refractivity contribution is 5.80. The van der Waals surface area contributed by atoms with Crippen molar-refractivity contribution in [2.75, 3.05) is 14.2 Å². The maximum absolute atomic E-state index is 11.2. The van der Waals surface area contributed by atoms with E-state index in [2.05, 4.69) is 9.97 Å². The Hall–Kier alpha value is -1.85. The number of carbonyl (C=O) groups excluding carboxylic acids is 1. The molecule has 1 amide bonds. The number of primary amides is 1. The molecule has 0 atom stereocenters. The molecule has 0 spiro atoms. The molecule has 0 unspecified atom stereocenters. The third-order valence-corrected chi connectivity index (χ3v) is 2.41. The van der Waals surface area contributed by atoms with Gasteiger partial charge in [-0.2, -0.15) is 9.97 Å². The lowest BCUT2D eigenvalue weighted by Crippen LogP contribution is -2.34. The number of methoxy groups -OCH3 is 2. The first kappa shape index (κ1) is 13.2. The fraction of sp³-hybridized carbons (Fsp3) is 0.545. The molecule has 2 N–H and O–H groups in total. The molecular formula is C11H17N3O3. The molecule has 0 aromatic carbocycles. The molecular weight excluding hydrogens is 222 g/mol. The van der Waals surface area contributed by atoms with Crippen LogP contribution in [0.15, 0.2) is 6.07 Å². The first-order valence-electron chi connectivity index (χ1n) is 5.15. The van der Waals surface area contributed by atoms with E-state index >= 15 is 0 Å². The molecule has 0 aliphatic heterocycles. The molecule has 1 aromatic rings. The van der Waals surface area contributed by atoms with E-state index in [0.717, 1.165) is 0 Å². The minimum atomic E-state index is -0.711. The third kappa shape index (κ3) is 3.30. The molecule has 0 bridgehead atoms. The Labute approximate surface area is 100 Å². The average Bonchev–Trinajstić information content (AvgIpc) is 2.27. The average molecular weight is 239 g/mol. The standard InChI is InChI=1S/C11H17N3O3/c1-11(2,10(12)15)6-7-13-8(16-3)5-9(14-7)17-4/h5H,6H2,1-4H3,(H2,12,15). The van der Waals surface area contributed by atoms with Crippen molar-refractivity contribution in [2.45, 2.75) is 20.3 Å². The van der Waals surface area contributed by atoms with E-state index in [1.807, 2.05) is 0 Å². The molecule has 1 aromatic heterocycles. The van der Waals surface area contributed by atoms with Crippen LogP contribution in [0.25, 0.3) is 0 Å². The largest absolute Gasteiger partial charge is 0.481 e. The van der Waals surface area contributed by atoms with Gasteiger partial charge in [0, 0.05) is 6.42 Å². The molecule has 94 valence electrons. The molecule has 17 heavy (non-hydrogen) atoms. The van der Waals surface area contributed by atoms with Crippen LogP contribution in [0.3, 0.4) is 0 Å². The van der Waals surface area contributed by atoms with E-state index in [1.165, 1.54) is 14.2 Å². The predicted molar refractivity (Wildman–Crippen MR) is 61.8 cm³/mol. The van der Waals surface area contributed by atoms with Crippen LogP contribution in [0, 0.1) is 5.41 Å². The molecule has 6 heteroatoms. The van der Waals surface area contributed by atoms with Crippen molar-refractivity contribution in [3.63, 3.8) is 0 Å². The fourth-order valence-corrected chi connectivity index (χ4v) is 1.22. The second kappa shape index (κ2) is 4.99. The lowest BCUT2D eigenvalue weighted by atomic mass is 9.88. The van der Waals surface area contributed by atoms with Crippen LogP contribution in [-0.4, -0.2) is 30.1 Å². The normalized spacial score (nSPS) is 11.1. The Morgan fingerprint density at radius 2 is 1.76 bits per heavy atom. The molecule has 0 aliphatic rings. The zero-order valence-electron chi connectivity index (χ0n) is 10.5. The molecule has 0 aliphatic carbocycles. The molecule has 0 fully saturated rings. The number of ether oxygens (including phenoxy) is 2. The molecule has 0 radical (unpaired) electrons. The summed E-state index contributed by atoms with van der Waals surface area (Å²) in [6.07, 6.45) is 0.329. The van der Waals surface area contributed by atoms with Gasteiger partial charge in [0.2, 0.25) is 17.7 Å². The van der Waals surface area contributed by atoms with Crippen LogP contribution in [0.4, 0.5) is 0 Å². The summed E-state index contributed by atoms with van der Waals surface area (Å²) in [5.41, 5.74) is 4.59.